The molecule has 1 unspecified atom stereocenters. The van der Waals surface area contributed by atoms with E-state index < -0.39 is 0 Å². The molecular weight excluding hydrogens is 262 g/mol. The highest BCUT2D eigenvalue weighted by molar-refractivity contribution is 7.98. The van der Waals surface area contributed by atoms with E-state index >= 15 is 0 Å². The van der Waals surface area contributed by atoms with Crippen LogP contribution in [0, 0.1) is 0 Å². The zero-order valence-electron chi connectivity index (χ0n) is 10.1. The van der Waals surface area contributed by atoms with Crippen LogP contribution in [0.15, 0.2) is 54.6 Å². The quantitative estimate of drug-likeness (QED) is 0.883. The van der Waals surface area contributed by atoms with Crippen molar-refractivity contribution in [3.8, 4) is 0 Å². The number of benzene rings is 2. The molecule has 18 heavy (non-hydrogen) atoms. The van der Waals surface area contributed by atoms with Gasteiger partial charge in [-0.1, -0.05) is 60.1 Å². The zero-order chi connectivity index (χ0) is 12.8. The van der Waals surface area contributed by atoms with Gasteiger partial charge in [-0.2, -0.15) is 0 Å². The Balaban J connectivity index is 2.02. The summed E-state index contributed by atoms with van der Waals surface area (Å²) < 4.78 is 0. The fraction of sp³-hybridized carbons (Fsp3) is 0.200. The van der Waals surface area contributed by atoms with Crippen molar-refractivity contribution in [3.05, 3.63) is 70.7 Å². The van der Waals surface area contributed by atoms with Crippen LogP contribution in [-0.4, -0.2) is 6.54 Å². The van der Waals surface area contributed by atoms with Crippen LogP contribution in [0.2, 0.25) is 5.02 Å². The fourth-order valence-electron chi connectivity index (χ4n) is 1.77. The summed E-state index contributed by atoms with van der Waals surface area (Å²) >= 11 is 7.98. The minimum atomic E-state index is 0.322. The summed E-state index contributed by atoms with van der Waals surface area (Å²) in [4.78, 5) is 0. The molecule has 0 fully saturated rings. The topological polar surface area (TPSA) is 26.0 Å². The fourth-order valence-corrected chi connectivity index (χ4v) is 3.17. The predicted octanol–water partition coefficient (Wildman–Crippen LogP) is 4.27. The van der Waals surface area contributed by atoms with Gasteiger partial charge in [-0.05, 0) is 17.2 Å². The monoisotopic (exact) mass is 277 g/mol. The first-order valence-electron chi connectivity index (χ1n) is 5.91. The van der Waals surface area contributed by atoms with Crippen LogP contribution >= 0.6 is 23.4 Å². The summed E-state index contributed by atoms with van der Waals surface area (Å²) in [5.41, 5.74) is 8.29. The lowest BCUT2D eigenvalue weighted by atomic mass is 10.1. The molecule has 2 aromatic rings. The van der Waals surface area contributed by atoms with E-state index in [0.29, 0.717) is 11.8 Å². The number of thioether (sulfide) groups is 1. The molecule has 0 aliphatic rings. The first-order valence-corrected chi connectivity index (χ1v) is 7.34. The van der Waals surface area contributed by atoms with Crippen LogP contribution in [0.5, 0.6) is 0 Å². The molecule has 3 heteroatoms. The Hall–Kier alpha value is -0.960. The molecule has 0 bridgehead atoms. The molecule has 0 amide bonds. The van der Waals surface area contributed by atoms with Crippen LogP contribution in [0.1, 0.15) is 16.4 Å². The summed E-state index contributed by atoms with van der Waals surface area (Å²) in [7, 11) is 0. The van der Waals surface area contributed by atoms with E-state index in [1.54, 1.807) is 0 Å². The minimum absolute atomic E-state index is 0.322. The van der Waals surface area contributed by atoms with Gasteiger partial charge in [0.15, 0.2) is 0 Å². The largest absolute Gasteiger partial charge is 0.329 e. The molecule has 2 N–H and O–H groups in total. The SMILES string of the molecule is NCC(SCc1ccccc1Cl)c1ccccc1. The van der Waals surface area contributed by atoms with Gasteiger partial charge in [0.25, 0.3) is 0 Å². The third-order valence-corrected chi connectivity index (χ3v) is 4.50. The van der Waals surface area contributed by atoms with Crippen molar-refractivity contribution in [1.82, 2.24) is 0 Å². The summed E-state index contributed by atoms with van der Waals surface area (Å²) in [6.45, 7) is 0.638. The van der Waals surface area contributed by atoms with Crippen molar-refractivity contribution in [2.24, 2.45) is 5.73 Å². The standard InChI is InChI=1S/C15H16ClNS/c16-14-9-5-4-8-13(14)11-18-15(10-17)12-6-2-1-3-7-12/h1-9,15H,10-11,17H2. The highest BCUT2D eigenvalue weighted by Crippen LogP contribution is 2.32. The van der Waals surface area contributed by atoms with Gasteiger partial charge in [-0.25, -0.2) is 0 Å². The normalized spacial score (nSPS) is 12.3. The minimum Gasteiger partial charge on any atom is -0.329 e. The van der Waals surface area contributed by atoms with Gasteiger partial charge in [-0.3, -0.25) is 0 Å². The molecule has 2 aromatic carbocycles. The molecule has 0 saturated carbocycles. The maximum atomic E-state index is 6.15. The number of hydrogen-bond acceptors (Lipinski definition) is 2. The molecule has 94 valence electrons. The molecule has 0 aliphatic heterocycles. The van der Waals surface area contributed by atoms with Crippen LogP contribution < -0.4 is 5.73 Å². The summed E-state index contributed by atoms with van der Waals surface area (Å²) in [6, 6.07) is 18.3. The molecule has 2 rings (SSSR count). The Kier molecular flexibility index (Phi) is 5.12. The Morgan fingerprint density at radius 3 is 2.33 bits per heavy atom. The van der Waals surface area contributed by atoms with Crippen LogP contribution in [-0.2, 0) is 5.75 Å². The zero-order valence-corrected chi connectivity index (χ0v) is 11.6. The van der Waals surface area contributed by atoms with E-state index in [1.807, 2.05) is 48.2 Å². The summed E-state index contributed by atoms with van der Waals surface area (Å²) in [5, 5.41) is 1.15. The number of nitrogens with two attached hydrogens (primary N) is 1. The molecule has 1 atom stereocenters. The highest BCUT2D eigenvalue weighted by Gasteiger charge is 2.10. The number of hydrogen-bond donors (Lipinski definition) is 1. The average Bonchev–Trinajstić information content (AvgIpc) is 2.42. The maximum absolute atomic E-state index is 6.15. The summed E-state index contributed by atoms with van der Waals surface area (Å²) in [6.07, 6.45) is 0. The smallest absolute Gasteiger partial charge is 0.0446 e. The van der Waals surface area contributed by atoms with Crippen LogP contribution in [0.4, 0.5) is 0 Å². The lowest BCUT2D eigenvalue weighted by Crippen LogP contribution is -2.09. The van der Waals surface area contributed by atoms with E-state index in [0.717, 1.165) is 10.8 Å². The van der Waals surface area contributed by atoms with Crippen molar-refractivity contribution in [3.63, 3.8) is 0 Å². The van der Waals surface area contributed by atoms with Crippen molar-refractivity contribution in [2.75, 3.05) is 6.54 Å². The lowest BCUT2D eigenvalue weighted by molar-refractivity contribution is 0.940. The van der Waals surface area contributed by atoms with Crippen molar-refractivity contribution < 1.29 is 0 Å². The van der Waals surface area contributed by atoms with Gasteiger partial charge in [-0.15, -0.1) is 11.8 Å². The molecule has 1 nitrogen and oxygen atoms in total. The van der Waals surface area contributed by atoms with E-state index in [2.05, 4.69) is 18.2 Å². The third kappa shape index (κ3) is 3.52. The van der Waals surface area contributed by atoms with Crippen molar-refractivity contribution in [1.29, 1.82) is 0 Å². The molecule has 0 spiro atoms. The second-order valence-electron chi connectivity index (χ2n) is 4.04. The Morgan fingerprint density at radius 2 is 1.67 bits per heavy atom. The van der Waals surface area contributed by atoms with Gasteiger partial charge in [0, 0.05) is 22.6 Å². The number of rotatable bonds is 5. The Labute approximate surface area is 117 Å². The van der Waals surface area contributed by atoms with Gasteiger partial charge in [0.05, 0.1) is 0 Å². The third-order valence-electron chi connectivity index (χ3n) is 2.78. The molecule has 0 aromatic heterocycles. The molecular formula is C15H16ClNS. The molecule has 0 saturated heterocycles. The predicted molar refractivity (Wildman–Crippen MR) is 81.0 cm³/mol. The lowest BCUT2D eigenvalue weighted by Gasteiger charge is -2.15. The maximum Gasteiger partial charge on any atom is 0.0446 e. The Bertz CT molecular complexity index is 487. The van der Waals surface area contributed by atoms with Crippen LogP contribution in [0.3, 0.4) is 0 Å². The van der Waals surface area contributed by atoms with E-state index in [4.69, 9.17) is 17.3 Å². The summed E-state index contributed by atoms with van der Waals surface area (Å²) in [5.74, 6) is 0.885. The first-order chi connectivity index (χ1) is 8.81. The average molecular weight is 278 g/mol. The Morgan fingerprint density at radius 1 is 1.00 bits per heavy atom. The molecule has 0 aliphatic carbocycles. The van der Waals surface area contributed by atoms with Gasteiger partial charge >= 0.3 is 0 Å². The first kappa shape index (κ1) is 13.5. The number of halogens is 1. The molecule has 0 heterocycles. The van der Waals surface area contributed by atoms with Gasteiger partial charge in [0.1, 0.15) is 0 Å². The second kappa shape index (κ2) is 6.83. The van der Waals surface area contributed by atoms with E-state index in [1.165, 1.54) is 11.1 Å². The second-order valence-corrected chi connectivity index (χ2v) is 5.64. The van der Waals surface area contributed by atoms with E-state index in [-0.39, 0.29) is 0 Å². The molecule has 0 radical (unpaired) electrons. The van der Waals surface area contributed by atoms with Crippen molar-refractivity contribution in [2.45, 2.75) is 11.0 Å². The van der Waals surface area contributed by atoms with Crippen molar-refractivity contribution >= 4 is 23.4 Å². The van der Waals surface area contributed by atoms with Crippen LogP contribution in [0.25, 0.3) is 0 Å². The van der Waals surface area contributed by atoms with Gasteiger partial charge in [0.2, 0.25) is 0 Å². The van der Waals surface area contributed by atoms with Gasteiger partial charge < -0.3 is 5.73 Å². The van der Waals surface area contributed by atoms with E-state index in [9.17, 15) is 0 Å². The highest BCUT2D eigenvalue weighted by atomic mass is 35.5.